The largest absolute Gasteiger partial charge is 0.490 e. The van der Waals surface area contributed by atoms with E-state index in [1.807, 2.05) is 6.08 Å². The summed E-state index contributed by atoms with van der Waals surface area (Å²) in [5, 5.41) is 12.2. The molecule has 0 unspecified atom stereocenters. The van der Waals surface area contributed by atoms with Crippen molar-refractivity contribution in [2.45, 2.75) is 12.5 Å². The first-order valence-corrected chi connectivity index (χ1v) is 8.74. The fraction of sp³-hybridized carbons (Fsp3) is 0.200. The lowest BCUT2D eigenvalue weighted by molar-refractivity contribution is -0.139. The molecule has 0 spiro atoms. The molecule has 0 saturated heterocycles. The van der Waals surface area contributed by atoms with Gasteiger partial charge in [-0.1, -0.05) is 29.8 Å². The average molecular weight is 388 g/mol. The van der Waals surface area contributed by atoms with Crippen molar-refractivity contribution >= 4 is 23.5 Å². The summed E-state index contributed by atoms with van der Waals surface area (Å²) in [7, 11) is 0. The summed E-state index contributed by atoms with van der Waals surface area (Å²) in [6, 6.07) is 10.8. The summed E-state index contributed by atoms with van der Waals surface area (Å²) >= 11 is 6.17. The molecule has 0 radical (unpaired) electrons. The molecule has 0 aliphatic carbocycles. The number of halogens is 1. The van der Waals surface area contributed by atoms with Gasteiger partial charge in [-0.05, 0) is 42.0 Å². The van der Waals surface area contributed by atoms with Gasteiger partial charge in [0.2, 0.25) is 0 Å². The Balaban J connectivity index is 1.95. The van der Waals surface area contributed by atoms with Crippen LogP contribution in [0, 0.1) is 0 Å². The summed E-state index contributed by atoms with van der Waals surface area (Å²) < 4.78 is 11.2. The van der Waals surface area contributed by atoms with Gasteiger partial charge < -0.3 is 19.9 Å². The van der Waals surface area contributed by atoms with Crippen LogP contribution in [0.4, 0.5) is 0 Å². The van der Waals surface area contributed by atoms with E-state index >= 15 is 0 Å². The first-order chi connectivity index (χ1) is 13.0. The first kappa shape index (κ1) is 18.8. The van der Waals surface area contributed by atoms with Gasteiger partial charge in [0.25, 0.3) is 5.91 Å². The normalized spacial score (nSPS) is 18.6. The molecule has 7 heteroatoms. The lowest BCUT2D eigenvalue weighted by atomic mass is 10.0. The van der Waals surface area contributed by atoms with Crippen molar-refractivity contribution in [3.63, 3.8) is 0 Å². The molecule has 2 aliphatic heterocycles. The van der Waals surface area contributed by atoms with Crippen LogP contribution < -0.4 is 14.8 Å². The molecule has 4 rings (SSSR count). The van der Waals surface area contributed by atoms with Crippen molar-refractivity contribution in [2.24, 2.45) is 0 Å². The zero-order chi connectivity index (χ0) is 19.2. The number of ether oxygens (including phenoxy) is 2. The molecule has 2 aliphatic rings. The van der Waals surface area contributed by atoms with Crippen molar-refractivity contribution in [3.8, 4) is 11.5 Å². The lowest BCUT2D eigenvalue weighted by Gasteiger charge is -2.17. The highest BCUT2D eigenvalue weighted by molar-refractivity contribution is 6.34. The van der Waals surface area contributed by atoms with E-state index < -0.39 is 17.9 Å². The Labute approximate surface area is 161 Å². The van der Waals surface area contributed by atoms with Crippen LogP contribution in [0.1, 0.15) is 15.9 Å². The highest BCUT2D eigenvalue weighted by Crippen LogP contribution is 2.27. The van der Waals surface area contributed by atoms with E-state index in [2.05, 4.69) is 5.32 Å². The molecule has 2 aromatic rings. The van der Waals surface area contributed by atoms with Gasteiger partial charge in [-0.25, -0.2) is 4.79 Å². The number of benzene rings is 2. The maximum atomic E-state index is 12.7. The van der Waals surface area contributed by atoms with Crippen LogP contribution >= 0.6 is 11.6 Å². The number of fused-ring (bicyclic) bond motifs is 9. The Hall–Kier alpha value is -2.99. The van der Waals surface area contributed by atoms with Gasteiger partial charge in [-0.3, -0.25) is 4.79 Å². The zero-order valence-electron chi connectivity index (χ0n) is 14.4. The standard InChI is InChI=1S/C20H18ClNO5/c21-15-4-3-5-17-18(15)19(23)22-16(20(24)25)12-13-6-8-14(9-7-13)26-10-1-2-11-27-17/h1-9,16H,10-12H2,(H,22,23)(H,24,25)/b2-1+/t16-/m0/s1. The number of hydrogen-bond donors (Lipinski definition) is 2. The predicted octanol–water partition coefficient (Wildman–Crippen LogP) is 3.09. The number of carbonyl (C=O) groups is 2. The third-order valence-corrected chi connectivity index (χ3v) is 4.33. The quantitative estimate of drug-likeness (QED) is 0.734. The first-order valence-electron chi connectivity index (χ1n) is 8.36. The topological polar surface area (TPSA) is 84.9 Å². The predicted molar refractivity (Wildman–Crippen MR) is 101 cm³/mol. The highest BCUT2D eigenvalue weighted by atomic mass is 35.5. The highest BCUT2D eigenvalue weighted by Gasteiger charge is 2.24. The smallest absolute Gasteiger partial charge is 0.326 e. The van der Waals surface area contributed by atoms with E-state index in [0.717, 1.165) is 5.56 Å². The molecule has 140 valence electrons. The molecule has 0 fully saturated rings. The van der Waals surface area contributed by atoms with Crippen molar-refractivity contribution in [3.05, 3.63) is 70.8 Å². The molecule has 0 aromatic heterocycles. The molecule has 1 atom stereocenters. The van der Waals surface area contributed by atoms with Gasteiger partial charge in [0, 0.05) is 6.42 Å². The minimum absolute atomic E-state index is 0.109. The van der Waals surface area contributed by atoms with Crippen molar-refractivity contribution in [1.82, 2.24) is 5.32 Å². The number of carboxylic acid groups (broad SMARTS) is 1. The van der Waals surface area contributed by atoms with Crippen LogP contribution in [0.5, 0.6) is 11.5 Å². The Morgan fingerprint density at radius 1 is 1.07 bits per heavy atom. The van der Waals surface area contributed by atoms with Crippen molar-refractivity contribution in [1.29, 1.82) is 0 Å². The monoisotopic (exact) mass is 387 g/mol. The van der Waals surface area contributed by atoms with E-state index in [1.54, 1.807) is 48.5 Å². The van der Waals surface area contributed by atoms with Crippen LogP contribution in [-0.2, 0) is 11.2 Å². The van der Waals surface area contributed by atoms with E-state index in [9.17, 15) is 14.7 Å². The van der Waals surface area contributed by atoms with E-state index in [4.69, 9.17) is 21.1 Å². The average Bonchev–Trinajstić information content (AvgIpc) is 2.64. The molecule has 2 N–H and O–H groups in total. The van der Waals surface area contributed by atoms with E-state index in [0.29, 0.717) is 12.4 Å². The summed E-state index contributed by atoms with van der Waals surface area (Å²) in [5.41, 5.74) is 0.867. The molecular weight excluding hydrogens is 370 g/mol. The fourth-order valence-corrected chi connectivity index (χ4v) is 2.90. The van der Waals surface area contributed by atoms with Crippen molar-refractivity contribution < 1.29 is 24.2 Å². The molecule has 6 nitrogen and oxygen atoms in total. The molecular formula is C20H18ClNO5. The molecule has 2 heterocycles. The van der Waals surface area contributed by atoms with Gasteiger partial charge in [0.05, 0.1) is 10.6 Å². The van der Waals surface area contributed by atoms with Crippen LogP contribution in [0.25, 0.3) is 0 Å². The number of nitrogens with one attached hydrogen (secondary N) is 1. The van der Waals surface area contributed by atoms with E-state index in [1.165, 1.54) is 0 Å². The number of hydrogen-bond acceptors (Lipinski definition) is 4. The number of rotatable bonds is 1. The minimum Gasteiger partial charge on any atom is -0.490 e. The second kappa shape index (κ2) is 8.60. The second-order valence-corrected chi connectivity index (χ2v) is 6.33. The van der Waals surface area contributed by atoms with Crippen LogP contribution in [0.2, 0.25) is 5.02 Å². The Kier molecular flexibility index (Phi) is 5.98. The van der Waals surface area contributed by atoms with E-state index in [-0.39, 0.29) is 29.4 Å². The van der Waals surface area contributed by atoms with Gasteiger partial charge in [0.1, 0.15) is 30.8 Å². The number of amides is 1. The third kappa shape index (κ3) is 4.80. The third-order valence-electron chi connectivity index (χ3n) is 4.02. The number of aliphatic carboxylic acids is 1. The van der Waals surface area contributed by atoms with Crippen molar-refractivity contribution in [2.75, 3.05) is 13.2 Å². The molecule has 27 heavy (non-hydrogen) atoms. The maximum absolute atomic E-state index is 12.7. The van der Waals surface area contributed by atoms with Gasteiger partial charge in [-0.2, -0.15) is 0 Å². The molecule has 0 saturated carbocycles. The molecule has 2 aromatic carbocycles. The zero-order valence-corrected chi connectivity index (χ0v) is 15.1. The Morgan fingerprint density at radius 2 is 1.78 bits per heavy atom. The van der Waals surface area contributed by atoms with Gasteiger partial charge in [-0.15, -0.1) is 0 Å². The molecule has 1 amide bonds. The molecule has 2 bridgehead atoms. The Morgan fingerprint density at radius 3 is 2.48 bits per heavy atom. The maximum Gasteiger partial charge on any atom is 0.326 e. The van der Waals surface area contributed by atoms with Gasteiger partial charge >= 0.3 is 5.97 Å². The number of carbonyl (C=O) groups excluding carboxylic acids is 1. The summed E-state index contributed by atoms with van der Waals surface area (Å²) in [6.07, 6.45) is 3.70. The van der Waals surface area contributed by atoms with Gasteiger partial charge in [0.15, 0.2) is 0 Å². The SMILES string of the molecule is O=C1N[C@H](C(=O)O)Cc2ccc(cc2)OC/C=C/COc2cccc(Cl)c21. The fourth-order valence-electron chi connectivity index (χ4n) is 2.65. The second-order valence-electron chi connectivity index (χ2n) is 5.92. The van der Waals surface area contributed by atoms with Crippen LogP contribution in [-0.4, -0.2) is 36.2 Å². The van der Waals surface area contributed by atoms with Crippen LogP contribution in [0.15, 0.2) is 54.6 Å². The van der Waals surface area contributed by atoms with Crippen LogP contribution in [0.3, 0.4) is 0 Å². The lowest BCUT2D eigenvalue weighted by Crippen LogP contribution is -2.42. The minimum atomic E-state index is -1.14. The Bertz CT molecular complexity index is 863. The summed E-state index contributed by atoms with van der Waals surface area (Å²) in [4.78, 5) is 24.3. The number of carboxylic acids is 1. The summed E-state index contributed by atoms with van der Waals surface area (Å²) in [5.74, 6) is -0.782. The summed E-state index contributed by atoms with van der Waals surface area (Å²) in [6.45, 7) is 0.578.